The number of nitrogens with one attached hydrogen (secondary N) is 2. The van der Waals surface area contributed by atoms with Gasteiger partial charge in [0.05, 0.1) is 12.8 Å². The van der Waals surface area contributed by atoms with Crippen LogP contribution in [0, 0.1) is 0 Å². The van der Waals surface area contributed by atoms with E-state index >= 15 is 0 Å². The summed E-state index contributed by atoms with van der Waals surface area (Å²) in [6, 6.07) is 19.0. The zero-order valence-electron chi connectivity index (χ0n) is 16.7. The number of halogens is 1. The number of nitrogens with zero attached hydrogens (tertiary/aromatic N) is 1. The number of hydrogen-bond acceptors (Lipinski definition) is 6. The fourth-order valence-corrected chi connectivity index (χ4v) is 3.02. The topological polar surface area (TPSA) is 107 Å². The van der Waals surface area contributed by atoms with Gasteiger partial charge in [0.15, 0.2) is 11.5 Å². The van der Waals surface area contributed by atoms with Gasteiger partial charge in [0.1, 0.15) is 18.1 Å². The van der Waals surface area contributed by atoms with Crippen molar-refractivity contribution in [2.75, 3.05) is 5.32 Å². The lowest BCUT2D eigenvalue weighted by Crippen LogP contribution is -2.22. The number of anilines is 1. The average molecular weight is 496 g/mol. The maximum absolute atomic E-state index is 12.3. The van der Waals surface area contributed by atoms with Gasteiger partial charge < -0.3 is 24.3 Å². The summed E-state index contributed by atoms with van der Waals surface area (Å²) in [7, 11) is 0. The van der Waals surface area contributed by atoms with Crippen molar-refractivity contribution in [1.29, 1.82) is 0 Å². The van der Waals surface area contributed by atoms with Gasteiger partial charge in [0.2, 0.25) is 0 Å². The van der Waals surface area contributed by atoms with Crippen LogP contribution in [0.3, 0.4) is 0 Å². The summed E-state index contributed by atoms with van der Waals surface area (Å²) < 4.78 is 16.9. The molecule has 162 valence electrons. The average Bonchev–Trinajstić information content (AvgIpc) is 3.50. The first-order valence-electron chi connectivity index (χ1n) is 9.63. The molecule has 4 aromatic rings. The normalized spacial score (nSPS) is 10.5. The summed E-state index contributed by atoms with van der Waals surface area (Å²) in [6.45, 7) is 0.359. The van der Waals surface area contributed by atoms with Crippen molar-refractivity contribution in [3.8, 4) is 5.75 Å². The van der Waals surface area contributed by atoms with Crippen LogP contribution in [-0.2, 0) is 13.2 Å². The molecule has 0 saturated carbocycles. The van der Waals surface area contributed by atoms with Crippen molar-refractivity contribution in [2.24, 2.45) is 0 Å². The second-order valence-electron chi connectivity index (χ2n) is 6.71. The van der Waals surface area contributed by atoms with Crippen molar-refractivity contribution < 1.29 is 23.3 Å². The van der Waals surface area contributed by atoms with Gasteiger partial charge in [-0.05, 0) is 60.7 Å². The minimum absolute atomic E-state index is 0.100. The molecule has 2 aromatic heterocycles. The third-order valence-corrected chi connectivity index (χ3v) is 4.92. The van der Waals surface area contributed by atoms with Crippen molar-refractivity contribution in [3.63, 3.8) is 0 Å². The lowest BCUT2D eigenvalue weighted by Gasteiger charge is -2.07. The van der Waals surface area contributed by atoms with E-state index in [9.17, 15) is 9.59 Å². The van der Waals surface area contributed by atoms with Crippen molar-refractivity contribution in [2.45, 2.75) is 13.2 Å². The fraction of sp³-hybridized carbons (Fsp3) is 0.0870. The molecule has 0 saturated heterocycles. The van der Waals surface area contributed by atoms with Crippen LogP contribution in [-0.4, -0.2) is 17.0 Å². The van der Waals surface area contributed by atoms with Crippen molar-refractivity contribution in [3.05, 3.63) is 100 Å². The van der Waals surface area contributed by atoms with Crippen LogP contribution < -0.4 is 15.4 Å². The van der Waals surface area contributed by atoms with Crippen LogP contribution in [0.5, 0.6) is 5.75 Å². The highest BCUT2D eigenvalue weighted by Crippen LogP contribution is 2.19. The number of amides is 2. The predicted molar refractivity (Wildman–Crippen MR) is 119 cm³/mol. The quantitative estimate of drug-likeness (QED) is 0.363. The first-order valence-corrected chi connectivity index (χ1v) is 10.4. The molecule has 32 heavy (non-hydrogen) atoms. The molecule has 4 rings (SSSR count). The van der Waals surface area contributed by atoms with E-state index in [1.54, 1.807) is 48.5 Å². The summed E-state index contributed by atoms with van der Waals surface area (Å²) in [4.78, 5) is 24.4. The maximum Gasteiger partial charge on any atom is 0.273 e. The molecule has 0 fully saturated rings. The molecule has 0 spiro atoms. The van der Waals surface area contributed by atoms with Gasteiger partial charge in [-0.25, -0.2) is 0 Å². The van der Waals surface area contributed by atoms with Gasteiger partial charge in [-0.1, -0.05) is 21.1 Å². The van der Waals surface area contributed by atoms with Gasteiger partial charge in [-0.15, -0.1) is 0 Å². The Kier molecular flexibility index (Phi) is 6.66. The number of ether oxygens (including phenoxy) is 1. The van der Waals surface area contributed by atoms with Gasteiger partial charge in [-0.3, -0.25) is 9.59 Å². The van der Waals surface area contributed by atoms with Gasteiger partial charge in [-0.2, -0.15) is 0 Å². The summed E-state index contributed by atoms with van der Waals surface area (Å²) in [5.41, 5.74) is 1.35. The minimum Gasteiger partial charge on any atom is -0.486 e. The molecule has 2 heterocycles. The molecule has 2 amide bonds. The molecule has 0 radical (unpaired) electrons. The van der Waals surface area contributed by atoms with Gasteiger partial charge in [0, 0.05) is 21.8 Å². The highest BCUT2D eigenvalue weighted by molar-refractivity contribution is 9.10. The second kappa shape index (κ2) is 9.97. The molecule has 0 bridgehead atoms. The second-order valence-corrected chi connectivity index (χ2v) is 7.63. The monoisotopic (exact) mass is 495 g/mol. The van der Waals surface area contributed by atoms with E-state index in [0.29, 0.717) is 28.5 Å². The van der Waals surface area contributed by atoms with Crippen molar-refractivity contribution in [1.82, 2.24) is 10.5 Å². The van der Waals surface area contributed by atoms with E-state index in [0.717, 1.165) is 4.47 Å². The molecule has 2 aromatic carbocycles. The summed E-state index contributed by atoms with van der Waals surface area (Å²) in [5.74, 6) is 1.04. The highest BCUT2D eigenvalue weighted by Gasteiger charge is 2.13. The van der Waals surface area contributed by atoms with Crippen LogP contribution >= 0.6 is 15.9 Å². The Labute approximate surface area is 191 Å². The van der Waals surface area contributed by atoms with E-state index in [-0.39, 0.29) is 30.7 Å². The molecule has 0 aliphatic heterocycles. The Morgan fingerprint density at radius 1 is 0.969 bits per heavy atom. The Morgan fingerprint density at radius 2 is 1.75 bits per heavy atom. The molecule has 0 unspecified atom stereocenters. The Morgan fingerprint density at radius 3 is 2.47 bits per heavy atom. The zero-order valence-corrected chi connectivity index (χ0v) is 18.3. The fourth-order valence-electron chi connectivity index (χ4n) is 2.75. The molecular formula is C23H18BrN3O5. The summed E-state index contributed by atoms with van der Waals surface area (Å²) >= 11 is 3.34. The first kappa shape index (κ1) is 21.4. The number of aromatic nitrogens is 1. The molecule has 0 atom stereocenters. The first-order chi connectivity index (χ1) is 15.6. The zero-order chi connectivity index (χ0) is 22.3. The number of carbonyl (C=O) groups is 2. The lowest BCUT2D eigenvalue weighted by molar-refractivity contribution is 0.0938. The van der Waals surface area contributed by atoms with Crippen LogP contribution in [0.25, 0.3) is 0 Å². The van der Waals surface area contributed by atoms with Crippen LogP contribution in [0.4, 0.5) is 5.69 Å². The molecule has 9 heteroatoms. The number of rotatable bonds is 8. The van der Waals surface area contributed by atoms with Crippen LogP contribution in [0.15, 0.2) is 86.4 Å². The van der Waals surface area contributed by atoms with E-state index in [4.69, 9.17) is 13.7 Å². The van der Waals surface area contributed by atoms with Gasteiger partial charge in [0.25, 0.3) is 11.8 Å². The van der Waals surface area contributed by atoms with E-state index in [1.807, 2.05) is 12.1 Å². The molecule has 2 N–H and O–H groups in total. The maximum atomic E-state index is 12.3. The van der Waals surface area contributed by atoms with Crippen LogP contribution in [0.2, 0.25) is 0 Å². The largest absolute Gasteiger partial charge is 0.486 e. The summed E-state index contributed by atoms with van der Waals surface area (Å²) in [5, 5.41) is 9.28. The number of furan rings is 1. The van der Waals surface area contributed by atoms with Crippen LogP contribution in [0.1, 0.15) is 32.4 Å². The van der Waals surface area contributed by atoms with Crippen molar-refractivity contribution >= 4 is 33.4 Å². The number of hydrogen-bond donors (Lipinski definition) is 2. The molecular weight excluding hydrogens is 478 g/mol. The highest BCUT2D eigenvalue weighted by atomic mass is 79.9. The molecule has 8 nitrogen and oxygen atoms in total. The van der Waals surface area contributed by atoms with E-state index in [1.165, 1.54) is 12.3 Å². The number of benzene rings is 2. The predicted octanol–water partition coefficient (Wildman–Crippen LogP) is 4.79. The Bertz CT molecular complexity index is 1190. The molecule has 0 aliphatic rings. The van der Waals surface area contributed by atoms with E-state index in [2.05, 4.69) is 31.7 Å². The lowest BCUT2D eigenvalue weighted by atomic mass is 10.2. The number of carbonyl (C=O) groups excluding carboxylic acids is 2. The minimum atomic E-state index is -0.373. The van der Waals surface area contributed by atoms with Gasteiger partial charge >= 0.3 is 0 Å². The van der Waals surface area contributed by atoms with E-state index < -0.39 is 0 Å². The smallest absolute Gasteiger partial charge is 0.273 e. The standard InChI is InChI=1S/C23H18BrN3O5/c24-16-5-3-15(4-6-16)22(28)26-17-7-9-18(10-8-17)31-14-20-12-21(27-32-20)23(29)25-13-19-2-1-11-30-19/h1-12H,13-14H2,(H,25,29)(H,26,28). The Balaban J connectivity index is 1.26. The third-order valence-electron chi connectivity index (χ3n) is 4.39. The third kappa shape index (κ3) is 5.64. The SMILES string of the molecule is O=C(Nc1ccc(OCc2cc(C(=O)NCc3ccco3)no2)cc1)c1ccc(Br)cc1. The summed E-state index contributed by atoms with van der Waals surface area (Å²) in [6.07, 6.45) is 1.54. The molecule has 0 aliphatic carbocycles. The Hall–Kier alpha value is -3.85.